The summed E-state index contributed by atoms with van der Waals surface area (Å²) in [6.07, 6.45) is 3.45. The van der Waals surface area contributed by atoms with E-state index in [0.29, 0.717) is 16.7 Å². The maximum absolute atomic E-state index is 12.1. The molecule has 21 heavy (non-hydrogen) atoms. The highest BCUT2D eigenvalue weighted by atomic mass is 35.7. The average molecular weight is 350 g/mol. The molecule has 4 nitrogen and oxygen atoms in total. The molecule has 0 aliphatic heterocycles. The SMILES string of the molecule is CC1CC(C)CC(NC(=O)Cc2ccc(S(=O)(=O)Cl)s2)C1. The molecule has 0 bridgehead atoms. The van der Waals surface area contributed by atoms with Gasteiger partial charge in [-0.1, -0.05) is 13.8 Å². The summed E-state index contributed by atoms with van der Waals surface area (Å²) in [5.74, 6) is 1.21. The second kappa shape index (κ2) is 6.67. The number of carbonyl (C=O) groups excluding carboxylic acids is 1. The Bertz CT molecular complexity index is 601. The number of rotatable bonds is 4. The fourth-order valence-electron chi connectivity index (χ4n) is 3.09. The van der Waals surface area contributed by atoms with Gasteiger partial charge < -0.3 is 5.32 Å². The molecular formula is C14H20ClNO3S2. The standard InChI is InChI=1S/C14H20ClNO3S2/c1-9-5-10(2)7-11(6-9)16-13(17)8-12-3-4-14(20-12)21(15,18)19/h3-4,9-11H,5-8H2,1-2H3,(H,16,17). The third-order valence-electron chi connectivity index (χ3n) is 3.76. The van der Waals surface area contributed by atoms with Crippen molar-refractivity contribution in [1.82, 2.24) is 5.32 Å². The lowest BCUT2D eigenvalue weighted by molar-refractivity contribution is -0.121. The van der Waals surface area contributed by atoms with E-state index in [4.69, 9.17) is 10.7 Å². The van der Waals surface area contributed by atoms with Crippen molar-refractivity contribution < 1.29 is 13.2 Å². The highest BCUT2D eigenvalue weighted by Crippen LogP contribution is 2.29. The summed E-state index contributed by atoms with van der Waals surface area (Å²) in [6, 6.07) is 3.32. The predicted octanol–water partition coefficient (Wildman–Crippen LogP) is 3.16. The first-order valence-electron chi connectivity index (χ1n) is 7.06. The maximum atomic E-state index is 12.1. The molecule has 0 radical (unpaired) electrons. The van der Waals surface area contributed by atoms with Crippen LogP contribution in [-0.2, 0) is 20.3 Å². The molecule has 1 saturated carbocycles. The zero-order chi connectivity index (χ0) is 15.6. The van der Waals surface area contributed by atoms with Crippen LogP contribution in [0.5, 0.6) is 0 Å². The van der Waals surface area contributed by atoms with Crippen LogP contribution in [0.1, 0.15) is 38.0 Å². The van der Waals surface area contributed by atoms with Crippen LogP contribution < -0.4 is 5.32 Å². The van der Waals surface area contributed by atoms with Crippen LogP contribution in [0.4, 0.5) is 0 Å². The highest BCUT2D eigenvalue weighted by molar-refractivity contribution is 8.15. The van der Waals surface area contributed by atoms with E-state index in [1.807, 2.05) is 0 Å². The van der Waals surface area contributed by atoms with Crippen molar-refractivity contribution in [2.75, 3.05) is 0 Å². The van der Waals surface area contributed by atoms with Gasteiger partial charge >= 0.3 is 0 Å². The lowest BCUT2D eigenvalue weighted by Gasteiger charge is -2.31. The van der Waals surface area contributed by atoms with Crippen LogP contribution in [0.15, 0.2) is 16.3 Å². The van der Waals surface area contributed by atoms with Crippen molar-refractivity contribution in [1.29, 1.82) is 0 Å². The van der Waals surface area contributed by atoms with Crippen molar-refractivity contribution in [3.05, 3.63) is 17.0 Å². The number of hydrogen-bond donors (Lipinski definition) is 1. The van der Waals surface area contributed by atoms with Crippen LogP contribution in [0.3, 0.4) is 0 Å². The molecule has 1 N–H and O–H groups in total. The van der Waals surface area contributed by atoms with E-state index in [1.165, 1.54) is 12.5 Å². The lowest BCUT2D eigenvalue weighted by atomic mass is 9.80. The van der Waals surface area contributed by atoms with Crippen molar-refractivity contribution in [3.63, 3.8) is 0 Å². The fourth-order valence-corrected chi connectivity index (χ4v) is 5.21. The monoisotopic (exact) mass is 349 g/mol. The summed E-state index contributed by atoms with van der Waals surface area (Å²) in [7, 11) is 1.58. The fraction of sp³-hybridized carbons (Fsp3) is 0.643. The quantitative estimate of drug-likeness (QED) is 0.849. The zero-order valence-corrected chi connectivity index (χ0v) is 14.5. The molecule has 1 aromatic rings. The zero-order valence-electron chi connectivity index (χ0n) is 12.1. The van der Waals surface area contributed by atoms with Gasteiger partial charge in [-0.25, -0.2) is 8.42 Å². The van der Waals surface area contributed by atoms with E-state index in [9.17, 15) is 13.2 Å². The molecule has 1 amide bonds. The number of halogens is 1. The summed E-state index contributed by atoms with van der Waals surface area (Å²) in [5.41, 5.74) is 0. The van der Waals surface area contributed by atoms with Crippen molar-refractivity contribution in [2.24, 2.45) is 11.8 Å². The molecule has 1 aliphatic carbocycles. The van der Waals surface area contributed by atoms with Gasteiger partial charge in [0, 0.05) is 21.6 Å². The smallest absolute Gasteiger partial charge is 0.270 e. The molecule has 0 spiro atoms. The van der Waals surface area contributed by atoms with Crippen LogP contribution in [0.2, 0.25) is 0 Å². The Morgan fingerprint density at radius 2 is 1.90 bits per heavy atom. The second-order valence-electron chi connectivity index (χ2n) is 6.02. The first-order valence-corrected chi connectivity index (χ1v) is 10.2. The Hall–Kier alpha value is -0.590. The second-order valence-corrected chi connectivity index (χ2v) is 9.98. The van der Waals surface area contributed by atoms with Gasteiger partial charge in [-0.15, -0.1) is 11.3 Å². The van der Waals surface area contributed by atoms with Gasteiger partial charge in [0.2, 0.25) is 5.91 Å². The van der Waals surface area contributed by atoms with Crippen LogP contribution >= 0.6 is 22.0 Å². The third kappa shape index (κ3) is 4.97. The van der Waals surface area contributed by atoms with Gasteiger partial charge in [0.1, 0.15) is 4.21 Å². The number of amides is 1. The topological polar surface area (TPSA) is 63.2 Å². The summed E-state index contributed by atoms with van der Waals surface area (Å²) in [5, 5.41) is 3.06. The van der Waals surface area contributed by atoms with E-state index >= 15 is 0 Å². The minimum atomic E-state index is -3.70. The Labute approximate surface area is 134 Å². The normalized spacial score (nSPS) is 26.5. The predicted molar refractivity (Wildman–Crippen MR) is 85.2 cm³/mol. The van der Waals surface area contributed by atoms with E-state index in [2.05, 4.69) is 19.2 Å². The average Bonchev–Trinajstić information content (AvgIpc) is 2.75. The first kappa shape index (κ1) is 16.8. The third-order valence-corrected chi connectivity index (χ3v) is 6.93. The summed E-state index contributed by atoms with van der Waals surface area (Å²) >= 11 is 1.05. The summed E-state index contributed by atoms with van der Waals surface area (Å²) in [6.45, 7) is 4.43. The Kier molecular flexibility index (Phi) is 5.33. The van der Waals surface area contributed by atoms with Crippen LogP contribution in [0, 0.1) is 11.8 Å². The van der Waals surface area contributed by atoms with Gasteiger partial charge in [-0.2, -0.15) is 0 Å². The highest BCUT2D eigenvalue weighted by Gasteiger charge is 2.25. The molecule has 1 aliphatic rings. The van der Waals surface area contributed by atoms with Crippen LogP contribution in [-0.4, -0.2) is 20.4 Å². The van der Waals surface area contributed by atoms with Gasteiger partial charge in [0.05, 0.1) is 6.42 Å². The Morgan fingerprint density at radius 3 is 2.43 bits per heavy atom. The summed E-state index contributed by atoms with van der Waals surface area (Å²) < 4.78 is 22.5. The molecule has 1 fully saturated rings. The number of hydrogen-bond acceptors (Lipinski definition) is 4. The van der Waals surface area contributed by atoms with E-state index < -0.39 is 9.05 Å². The minimum absolute atomic E-state index is 0.0540. The van der Waals surface area contributed by atoms with Crippen LogP contribution in [0.25, 0.3) is 0 Å². The first-order chi connectivity index (χ1) is 9.74. The Balaban J connectivity index is 1.91. The molecule has 118 valence electrons. The van der Waals surface area contributed by atoms with Gasteiger partial charge in [0.15, 0.2) is 0 Å². The van der Waals surface area contributed by atoms with E-state index in [-0.39, 0.29) is 22.6 Å². The van der Waals surface area contributed by atoms with E-state index in [0.717, 1.165) is 24.2 Å². The molecule has 2 atom stereocenters. The molecule has 2 rings (SSSR count). The van der Waals surface area contributed by atoms with Crippen molar-refractivity contribution in [3.8, 4) is 0 Å². The molecule has 7 heteroatoms. The van der Waals surface area contributed by atoms with Crippen molar-refractivity contribution in [2.45, 2.75) is 49.8 Å². The maximum Gasteiger partial charge on any atom is 0.270 e. The van der Waals surface area contributed by atoms with Gasteiger partial charge in [-0.3, -0.25) is 4.79 Å². The van der Waals surface area contributed by atoms with Crippen molar-refractivity contribution >= 4 is 37.0 Å². The van der Waals surface area contributed by atoms with Gasteiger partial charge in [0.25, 0.3) is 9.05 Å². The number of nitrogens with one attached hydrogen (secondary N) is 1. The number of thiophene rings is 1. The Morgan fingerprint density at radius 1 is 1.29 bits per heavy atom. The number of carbonyl (C=O) groups is 1. The molecule has 1 aromatic heterocycles. The summed E-state index contributed by atoms with van der Waals surface area (Å²) in [4.78, 5) is 12.8. The molecule has 0 aromatic carbocycles. The minimum Gasteiger partial charge on any atom is -0.353 e. The molecule has 2 unspecified atom stereocenters. The van der Waals surface area contributed by atoms with Gasteiger partial charge in [-0.05, 0) is 43.2 Å². The largest absolute Gasteiger partial charge is 0.353 e. The molecule has 1 heterocycles. The molecule has 0 saturated heterocycles. The lowest BCUT2D eigenvalue weighted by Crippen LogP contribution is -2.40. The van der Waals surface area contributed by atoms with E-state index in [1.54, 1.807) is 6.07 Å². The molecular weight excluding hydrogens is 330 g/mol.